The SMILES string of the molecule is C[CH]CC(C)(CC)CC. The molecule has 0 aromatic rings. The quantitative estimate of drug-likeness (QED) is 0.542. The van der Waals surface area contributed by atoms with E-state index in [1.165, 1.54) is 19.3 Å². The molecule has 0 saturated carbocycles. The van der Waals surface area contributed by atoms with Gasteiger partial charge < -0.3 is 0 Å². The van der Waals surface area contributed by atoms with E-state index in [4.69, 9.17) is 0 Å². The summed E-state index contributed by atoms with van der Waals surface area (Å²) in [6.45, 7) is 9.04. The van der Waals surface area contributed by atoms with Crippen molar-refractivity contribution in [3.63, 3.8) is 0 Å². The number of rotatable bonds is 4. The van der Waals surface area contributed by atoms with E-state index < -0.39 is 0 Å². The monoisotopic (exact) mass is 127 g/mol. The summed E-state index contributed by atoms with van der Waals surface area (Å²) in [7, 11) is 0. The highest BCUT2D eigenvalue weighted by atomic mass is 14.2. The maximum absolute atomic E-state index is 2.35. The predicted octanol–water partition coefficient (Wildman–Crippen LogP) is 3.43. The van der Waals surface area contributed by atoms with Crippen molar-refractivity contribution in [2.75, 3.05) is 0 Å². The van der Waals surface area contributed by atoms with Crippen LogP contribution in [0.15, 0.2) is 0 Å². The van der Waals surface area contributed by atoms with Gasteiger partial charge in [0.15, 0.2) is 0 Å². The first-order valence-corrected chi connectivity index (χ1v) is 3.96. The zero-order chi connectivity index (χ0) is 7.33. The van der Waals surface area contributed by atoms with Crippen LogP contribution in [0.25, 0.3) is 0 Å². The summed E-state index contributed by atoms with van der Waals surface area (Å²) in [5, 5.41) is 0. The molecule has 0 aromatic carbocycles. The van der Waals surface area contributed by atoms with Crippen molar-refractivity contribution in [1.82, 2.24) is 0 Å². The zero-order valence-electron chi connectivity index (χ0n) is 7.20. The third-order valence-corrected chi connectivity index (χ3v) is 2.40. The fraction of sp³-hybridized carbons (Fsp3) is 0.889. The Balaban J connectivity index is 3.62. The molecule has 0 heterocycles. The fourth-order valence-electron chi connectivity index (χ4n) is 1.03. The van der Waals surface area contributed by atoms with Gasteiger partial charge in [-0.2, -0.15) is 0 Å². The molecule has 0 aromatic heterocycles. The van der Waals surface area contributed by atoms with Crippen LogP contribution < -0.4 is 0 Å². The van der Waals surface area contributed by atoms with Crippen molar-refractivity contribution in [3.05, 3.63) is 6.42 Å². The number of hydrogen-bond acceptors (Lipinski definition) is 0. The van der Waals surface area contributed by atoms with Crippen LogP contribution in [0.3, 0.4) is 0 Å². The zero-order valence-corrected chi connectivity index (χ0v) is 7.20. The lowest BCUT2D eigenvalue weighted by atomic mass is 9.81. The van der Waals surface area contributed by atoms with E-state index in [0.29, 0.717) is 5.41 Å². The molecule has 0 heteroatoms. The van der Waals surface area contributed by atoms with Gasteiger partial charge in [0.25, 0.3) is 0 Å². The van der Waals surface area contributed by atoms with E-state index >= 15 is 0 Å². The lowest BCUT2D eigenvalue weighted by molar-refractivity contribution is 0.293. The summed E-state index contributed by atoms with van der Waals surface area (Å²) in [4.78, 5) is 0. The Morgan fingerprint density at radius 2 is 1.67 bits per heavy atom. The van der Waals surface area contributed by atoms with Crippen LogP contribution in [0.5, 0.6) is 0 Å². The molecule has 0 unspecified atom stereocenters. The molecule has 0 fully saturated rings. The average Bonchev–Trinajstić information content (AvgIpc) is 1.89. The van der Waals surface area contributed by atoms with Crippen LogP contribution in [0, 0.1) is 11.8 Å². The highest BCUT2D eigenvalue weighted by Gasteiger charge is 2.17. The molecule has 0 aliphatic rings. The van der Waals surface area contributed by atoms with E-state index in [1.54, 1.807) is 0 Å². The largest absolute Gasteiger partial charge is 0.0649 e. The van der Waals surface area contributed by atoms with Crippen molar-refractivity contribution in [2.24, 2.45) is 5.41 Å². The molecule has 0 spiro atoms. The molecule has 1 radical (unpaired) electrons. The average molecular weight is 127 g/mol. The molecule has 0 bridgehead atoms. The number of hydrogen-bond donors (Lipinski definition) is 0. The Morgan fingerprint density at radius 1 is 1.22 bits per heavy atom. The van der Waals surface area contributed by atoms with Gasteiger partial charge in [-0.25, -0.2) is 0 Å². The normalized spacial score (nSPS) is 12.0. The lowest BCUT2D eigenvalue weighted by Gasteiger charge is -2.25. The van der Waals surface area contributed by atoms with Gasteiger partial charge >= 0.3 is 0 Å². The van der Waals surface area contributed by atoms with Crippen LogP contribution in [0.4, 0.5) is 0 Å². The van der Waals surface area contributed by atoms with Gasteiger partial charge in [-0.15, -0.1) is 0 Å². The molecule has 0 aliphatic heterocycles. The summed E-state index contributed by atoms with van der Waals surface area (Å²) in [6, 6.07) is 0. The van der Waals surface area contributed by atoms with Gasteiger partial charge in [-0.05, 0) is 18.3 Å². The van der Waals surface area contributed by atoms with E-state index in [2.05, 4.69) is 34.1 Å². The van der Waals surface area contributed by atoms with Crippen LogP contribution in [-0.2, 0) is 0 Å². The maximum Gasteiger partial charge on any atom is -0.0328 e. The summed E-state index contributed by atoms with van der Waals surface area (Å²) in [5.41, 5.74) is 0.578. The smallest absolute Gasteiger partial charge is 0.0328 e. The van der Waals surface area contributed by atoms with E-state index in [1.807, 2.05) is 0 Å². The maximum atomic E-state index is 2.35. The molecular formula is C9H19. The van der Waals surface area contributed by atoms with Gasteiger partial charge in [0.1, 0.15) is 0 Å². The van der Waals surface area contributed by atoms with E-state index in [9.17, 15) is 0 Å². The molecule has 0 nitrogen and oxygen atoms in total. The molecule has 0 aliphatic carbocycles. The summed E-state index contributed by atoms with van der Waals surface area (Å²) in [5.74, 6) is 0. The Hall–Kier alpha value is 0. The predicted molar refractivity (Wildman–Crippen MR) is 43.3 cm³/mol. The Bertz CT molecular complexity index is 60.4. The summed E-state index contributed by atoms with van der Waals surface area (Å²) in [6.07, 6.45) is 6.13. The Labute approximate surface area is 59.7 Å². The molecule has 0 saturated heterocycles. The van der Waals surface area contributed by atoms with Crippen LogP contribution >= 0.6 is 0 Å². The second kappa shape index (κ2) is 3.92. The minimum atomic E-state index is 0.578. The third-order valence-electron chi connectivity index (χ3n) is 2.40. The lowest BCUT2D eigenvalue weighted by Crippen LogP contribution is -2.12. The third kappa shape index (κ3) is 2.88. The molecular weight excluding hydrogens is 108 g/mol. The first kappa shape index (κ1) is 9.00. The first-order valence-electron chi connectivity index (χ1n) is 3.96. The highest BCUT2D eigenvalue weighted by molar-refractivity contribution is 4.76. The van der Waals surface area contributed by atoms with Crippen LogP contribution in [0.1, 0.15) is 47.0 Å². The summed E-state index contributed by atoms with van der Waals surface area (Å²) < 4.78 is 0. The summed E-state index contributed by atoms with van der Waals surface area (Å²) >= 11 is 0. The van der Waals surface area contributed by atoms with Gasteiger partial charge in [-0.1, -0.05) is 40.5 Å². The standard InChI is InChI=1S/C9H19/c1-5-8-9(4,6-2)7-3/h5H,6-8H2,1-4H3. The van der Waals surface area contributed by atoms with Crippen molar-refractivity contribution >= 4 is 0 Å². The van der Waals surface area contributed by atoms with E-state index in [-0.39, 0.29) is 0 Å². The minimum absolute atomic E-state index is 0.578. The van der Waals surface area contributed by atoms with Crippen LogP contribution in [-0.4, -0.2) is 0 Å². The van der Waals surface area contributed by atoms with Crippen molar-refractivity contribution < 1.29 is 0 Å². The van der Waals surface area contributed by atoms with Gasteiger partial charge in [0.05, 0.1) is 0 Å². The van der Waals surface area contributed by atoms with Crippen molar-refractivity contribution in [3.8, 4) is 0 Å². The van der Waals surface area contributed by atoms with Gasteiger partial charge in [0.2, 0.25) is 0 Å². The van der Waals surface area contributed by atoms with Crippen LogP contribution in [0.2, 0.25) is 0 Å². The molecule has 0 rings (SSSR count). The Morgan fingerprint density at radius 3 is 1.78 bits per heavy atom. The van der Waals surface area contributed by atoms with Gasteiger partial charge in [-0.3, -0.25) is 0 Å². The van der Waals surface area contributed by atoms with Gasteiger partial charge in [0, 0.05) is 0 Å². The minimum Gasteiger partial charge on any atom is -0.0649 e. The first-order chi connectivity index (χ1) is 4.18. The molecule has 0 N–H and O–H groups in total. The molecule has 0 atom stereocenters. The van der Waals surface area contributed by atoms with Crippen molar-refractivity contribution in [2.45, 2.75) is 47.0 Å². The Kier molecular flexibility index (Phi) is 3.92. The topological polar surface area (TPSA) is 0 Å². The highest BCUT2D eigenvalue weighted by Crippen LogP contribution is 2.30. The second-order valence-corrected chi connectivity index (χ2v) is 3.13. The van der Waals surface area contributed by atoms with E-state index in [0.717, 1.165) is 0 Å². The molecule has 9 heavy (non-hydrogen) atoms. The second-order valence-electron chi connectivity index (χ2n) is 3.13. The van der Waals surface area contributed by atoms with Crippen molar-refractivity contribution in [1.29, 1.82) is 0 Å². The fourth-order valence-corrected chi connectivity index (χ4v) is 1.03. The molecule has 0 amide bonds. The molecule has 55 valence electrons.